The van der Waals surface area contributed by atoms with Crippen LogP contribution < -0.4 is 0 Å². The SMILES string of the molecule is Cn1c(C(C)(C)C)nc(/C=C2/C=Nc3ncccc32)c1O. The first-order valence-corrected chi connectivity index (χ1v) is 6.85. The molecule has 5 heteroatoms. The summed E-state index contributed by atoms with van der Waals surface area (Å²) in [5.41, 5.74) is 2.29. The summed E-state index contributed by atoms with van der Waals surface area (Å²) in [4.78, 5) is 13.0. The number of pyridine rings is 1. The number of aromatic hydroxyl groups is 1. The van der Waals surface area contributed by atoms with Crippen molar-refractivity contribution in [1.29, 1.82) is 0 Å². The quantitative estimate of drug-likeness (QED) is 0.874. The Morgan fingerprint density at radius 3 is 2.71 bits per heavy atom. The lowest BCUT2D eigenvalue weighted by atomic mass is 9.96. The van der Waals surface area contributed by atoms with E-state index in [1.165, 1.54) is 0 Å². The number of nitrogens with zero attached hydrogens (tertiary/aromatic N) is 4. The Bertz CT molecular complexity index is 763. The van der Waals surface area contributed by atoms with E-state index in [0.717, 1.165) is 17.0 Å². The van der Waals surface area contributed by atoms with Crippen LogP contribution in [0, 0.1) is 0 Å². The fourth-order valence-electron chi connectivity index (χ4n) is 2.47. The van der Waals surface area contributed by atoms with Gasteiger partial charge < -0.3 is 9.67 Å². The molecule has 0 aliphatic carbocycles. The van der Waals surface area contributed by atoms with E-state index in [2.05, 4.69) is 35.7 Å². The standard InChI is InChI=1S/C16H18N4O/c1-16(2,3)15-19-12(14(21)20(15)4)8-10-9-18-13-11(10)6-5-7-17-13/h5-9,21H,1-4H3/b10-8-. The summed E-state index contributed by atoms with van der Waals surface area (Å²) in [5.74, 6) is 1.71. The molecule has 21 heavy (non-hydrogen) atoms. The monoisotopic (exact) mass is 282 g/mol. The fourth-order valence-corrected chi connectivity index (χ4v) is 2.47. The van der Waals surface area contributed by atoms with Crippen molar-refractivity contribution < 1.29 is 5.11 Å². The van der Waals surface area contributed by atoms with Gasteiger partial charge in [-0.3, -0.25) is 0 Å². The van der Waals surface area contributed by atoms with Crippen LogP contribution in [0.2, 0.25) is 0 Å². The predicted octanol–water partition coefficient (Wildman–Crippen LogP) is 3.07. The van der Waals surface area contributed by atoms with E-state index >= 15 is 0 Å². The molecule has 0 atom stereocenters. The van der Waals surface area contributed by atoms with Crippen LogP contribution in [0.5, 0.6) is 5.88 Å². The molecule has 3 rings (SSSR count). The van der Waals surface area contributed by atoms with Crippen LogP contribution in [0.3, 0.4) is 0 Å². The van der Waals surface area contributed by atoms with Crippen LogP contribution in [0.25, 0.3) is 11.6 Å². The highest BCUT2D eigenvalue weighted by atomic mass is 16.3. The van der Waals surface area contributed by atoms with Gasteiger partial charge in [0, 0.05) is 36.0 Å². The molecule has 0 fully saturated rings. The molecule has 3 heterocycles. The molecule has 0 saturated heterocycles. The first-order chi connectivity index (χ1) is 9.88. The molecule has 2 aromatic heterocycles. The van der Waals surface area contributed by atoms with Crippen LogP contribution in [0.15, 0.2) is 23.3 Å². The zero-order valence-corrected chi connectivity index (χ0v) is 12.6. The molecule has 108 valence electrons. The number of aliphatic imine (C=N–C) groups is 1. The molecule has 1 N–H and O–H groups in total. The molecule has 0 unspecified atom stereocenters. The largest absolute Gasteiger partial charge is 0.493 e. The van der Waals surface area contributed by atoms with Gasteiger partial charge in [0.05, 0.1) is 0 Å². The summed E-state index contributed by atoms with van der Waals surface area (Å²) in [6, 6.07) is 3.84. The third-order valence-electron chi connectivity index (χ3n) is 3.48. The highest BCUT2D eigenvalue weighted by Crippen LogP contribution is 2.33. The van der Waals surface area contributed by atoms with Crippen LogP contribution in [-0.2, 0) is 12.5 Å². The second-order valence-corrected chi connectivity index (χ2v) is 6.19. The van der Waals surface area contributed by atoms with E-state index in [9.17, 15) is 5.11 Å². The molecular weight excluding hydrogens is 264 g/mol. The molecule has 5 nitrogen and oxygen atoms in total. The Morgan fingerprint density at radius 1 is 1.29 bits per heavy atom. The Kier molecular flexibility index (Phi) is 2.93. The summed E-state index contributed by atoms with van der Waals surface area (Å²) < 4.78 is 1.72. The molecule has 0 saturated carbocycles. The predicted molar refractivity (Wildman–Crippen MR) is 83.8 cm³/mol. The lowest BCUT2D eigenvalue weighted by Crippen LogP contribution is -2.17. The smallest absolute Gasteiger partial charge is 0.218 e. The fraction of sp³-hybridized carbons (Fsp3) is 0.312. The maximum Gasteiger partial charge on any atom is 0.218 e. The Hall–Kier alpha value is -2.43. The molecule has 0 spiro atoms. The van der Waals surface area contributed by atoms with Gasteiger partial charge in [-0.2, -0.15) is 0 Å². The summed E-state index contributed by atoms with van der Waals surface area (Å²) >= 11 is 0. The van der Waals surface area contributed by atoms with Gasteiger partial charge in [0.2, 0.25) is 5.88 Å². The van der Waals surface area contributed by atoms with Gasteiger partial charge in [0.1, 0.15) is 11.5 Å². The molecule has 0 amide bonds. The van der Waals surface area contributed by atoms with Gasteiger partial charge in [-0.1, -0.05) is 20.8 Å². The van der Waals surface area contributed by atoms with Crippen LogP contribution in [0.1, 0.15) is 37.9 Å². The first kappa shape index (κ1) is 13.5. The van der Waals surface area contributed by atoms with Crippen molar-refractivity contribution in [3.05, 3.63) is 35.4 Å². The molecule has 2 aromatic rings. The number of rotatable bonds is 1. The van der Waals surface area contributed by atoms with Gasteiger partial charge >= 0.3 is 0 Å². The van der Waals surface area contributed by atoms with Crippen molar-refractivity contribution in [3.63, 3.8) is 0 Å². The number of allylic oxidation sites excluding steroid dienone is 1. The maximum absolute atomic E-state index is 10.3. The minimum absolute atomic E-state index is 0.133. The van der Waals surface area contributed by atoms with Crippen molar-refractivity contribution in [1.82, 2.24) is 14.5 Å². The lowest BCUT2D eigenvalue weighted by Gasteiger charge is -2.17. The lowest BCUT2D eigenvalue weighted by molar-refractivity contribution is 0.415. The van der Waals surface area contributed by atoms with Crippen molar-refractivity contribution >= 4 is 23.7 Å². The molecule has 0 radical (unpaired) electrons. The van der Waals surface area contributed by atoms with Gasteiger partial charge in [0.15, 0.2) is 5.82 Å². The van der Waals surface area contributed by atoms with Gasteiger partial charge in [-0.15, -0.1) is 0 Å². The zero-order valence-electron chi connectivity index (χ0n) is 12.6. The second-order valence-electron chi connectivity index (χ2n) is 6.19. The van der Waals surface area contributed by atoms with Crippen LogP contribution >= 0.6 is 0 Å². The van der Waals surface area contributed by atoms with E-state index in [4.69, 9.17) is 0 Å². The minimum atomic E-state index is -0.133. The Balaban J connectivity index is 2.08. The maximum atomic E-state index is 10.3. The summed E-state index contributed by atoms with van der Waals surface area (Å²) in [5, 5.41) is 10.3. The molecule has 1 aliphatic heterocycles. The molecular formula is C16H18N4O. The van der Waals surface area contributed by atoms with E-state index in [0.29, 0.717) is 11.5 Å². The minimum Gasteiger partial charge on any atom is -0.493 e. The van der Waals surface area contributed by atoms with Crippen LogP contribution in [-0.4, -0.2) is 25.9 Å². The molecule has 1 aliphatic rings. The van der Waals surface area contributed by atoms with Crippen molar-refractivity contribution in [2.45, 2.75) is 26.2 Å². The topological polar surface area (TPSA) is 63.3 Å². The van der Waals surface area contributed by atoms with Crippen molar-refractivity contribution in [2.75, 3.05) is 0 Å². The van der Waals surface area contributed by atoms with Gasteiger partial charge in [-0.25, -0.2) is 15.0 Å². The zero-order chi connectivity index (χ0) is 15.2. The molecule has 0 aromatic carbocycles. The average Bonchev–Trinajstić information content (AvgIpc) is 2.95. The van der Waals surface area contributed by atoms with E-state index in [1.807, 2.05) is 25.3 Å². The van der Waals surface area contributed by atoms with Gasteiger partial charge in [-0.05, 0) is 18.2 Å². The number of fused-ring (bicyclic) bond motifs is 1. The number of hydrogen-bond donors (Lipinski definition) is 1. The second kappa shape index (κ2) is 4.55. The highest BCUT2D eigenvalue weighted by molar-refractivity contribution is 6.20. The summed E-state index contributed by atoms with van der Waals surface area (Å²) in [6.45, 7) is 6.21. The van der Waals surface area contributed by atoms with Crippen molar-refractivity contribution in [2.24, 2.45) is 12.0 Å². The first-order valence-electron chi connectivity index (χ1n) is 6.85. The average molecular weight is 282 g/mol. The highest BCUT2D eigenvalue weighted by Gasteiger charge is 2.24. The normalized spacial score (nSPS) is 15.7. The number of hydrogen-bond acceptors (Lipinski definition) is 4. The Morgan fingerprint density at radius 2 is 2.05 bits per heavy atom. The van der Waals surface area contributed by atoms with Gasteiger partial charge in [0.25, 0.3) is 0 Å². The van der Waals surface area contributed by atoms with E-state index < -0.39 is 0 Å². The summed E-state index contributed by atoms with van der Waals surface area (Å²) in [7, 11) is 1.82. The third kappa shape index (κ3) is 2.24. The molecule has 0 bridgehead atoms. The Labute approximate surface area is 123 Å². The van der Waals surface area contributed by atoms with E-state index in [1.54, 1.807) is 17.0 Å². The third-order valence-corrected chi connectivity index (χ3v) is 3.48. The number of aromatic nitrogens is 3. The number of imidazole rings is 1. The van der Waals surface area contributed by atoms with Crippen molar-refractivity contribution in [3.8, 4) is 5.88 Å². The van der Waals surface area contributed by atoms with E-state index in [-0.39, 0.29) is 11.3 Å². The van der Waals surface area contributed by atoms with Crippen LogP contribution in [0.4, 0.5) is 5.82 Å². The summed E-state index contributed by atoms with van der Waals surface area (Å²) in [6.07, 6.45) is 5.32.